The smallest absolute Gasteiger partial charge is 0.252 e. The number of morpholine rings is 1. The van der Waals surface area contributed by atoms with Crippen molar-refractivity contribution in [1.82, 2.24) is 19.5 Å². The number of ether oxygens (including phenoxy) is 1. The Balaban J connectivity index is 1.65. The van der Waals surface area contributed by atoms with Crippen LogP contribution in [0.5, 0.6) is 0 Å². The Kier molecular flexibility index (Phi) is 8.02. The molecule has 0 spiro atoms. The van der Waals surface area contributed by atoms with E-state index in [2.05, 4.69) is 15.2 Å². The standard InChI is InChI=1S/C24H30N4O5S2/c1-3-28(4-2)35(31,32)17-7-8-20-18(14-17)19(15-23(29)26-20)24(30)25-16-21(22-6-5-13-34-22)27-9-11-33-12-10-27/h5-8,13-15,21H,3-4,9-12,16H2,1-2H3,(H,25,30)(H,26,29). The second-order valence-electron chi connectivity index (χ2n) is 8.23. The zero-order chi connectivity index (χ0) is 25.0. The van der Waals surface area contributed by atoms with E-state index in [4.69, 9.17) is 4.74 Å². The molecule has 188 valence electrons. The molecule has 0 bridgehead atoms. The average molecular weight is 519 g/mol. The van der Waals surface area contributed by atoms with Crippen LogP contribution in [0.1, 0.15) is 35.1 Å². The summed E-state index contributed by atoms with van der Waals surface area (Å²) in [6, 6.07) is 9.69. The number of sulfonamides is 1. The fraction of sp³-hybridized carbons (Fsp3) is 0.417. The molecule has 2 N–H and O–H groups in total. The molecule has 0 saturated carbocycles. The minimum absolute atomic E-state index is 0.0188. The van der Waals surface area contributed by atoms with Gasteiger partial charge in [-0.15, -0.1) is 11.3 Å². The maximum atomic E-state index is 13.3. The van der Waals surface area contributed by atoms with E-state index in [0.717, 1.165) is 18.0 Å². The molecule has 1 aromatic carbocycles. The number of hydrogen-bond acceptors (Lipinski definition) is 7. The first-order valence-corrected chi connectivity index (χ1v) is 14.0. The van der Waals surface area contributed by atoms with Crippen LogP contribution in [-0.2, 0) is 14.8 Å². The average Bonchev–Trinajstić information content (AvgIpc) is 3.39. The van der Waals surface area contributed by atoms with Crippen molar-refractivity contribution in [2.45, 2.75) is 24.8 Å². The minimum Gasteiger partial charge on any atom is -0.379 e. The molecular weight excluding hydrogens is 488 g/mol. The molecule has 4 rings (SSSR count). The second kappa shape index (κ2) is 11.0. The van der Waals surface area contributed by atoms with Gasteiger partial charge in [0.25, 0.3) is 5.91 Å². The van der Waals surface area contributed by atoms with Crippen LogP contribution in [0.15, 0.2) is 51.5 Å². The quantitative estimate of drug-likeness (QED) is 0.450. The van der Waals surface area contributed by atoms with Crippen molar-refractivity contribution in [1.29, 1.82) is 0 Å². The molecule has 35 heavy (non-hydrogen) atoms. The van der Waals surface area contributed by atoms with Gasteiger partial charge in [-0.2, -0.15) is 4.31 Å². The number of thiophene rings is 1. The Morgan fingerprint density at radius 2 is 1.94 bits per heavy atom. The number of amides is 1. The number of nitrogens with zero attached hydrogens (tertiary/aromatic N) is 2. The highest BCUT2D eigenvalue weighted by Crippen LogP contribution is 2.26. The molecule has 2 aromatic heterocycles. The van der Waals surface area contributed by atoms with Gasteiger partial charge < -0.3 is 15.0 Å². The van der Waals surface area contributed by atoms with Crippen molar-refractivity contribution >= 4 is 38.2 Å². The zero-order valence-corrected chi connectivity index (χ0v) is 21.5. The molecule has 1 saturated heterocycles. The molecule has 3 heterocycles. The molecule has 3 aromatic rings. The monoisotopic (exact) mass is 518 g/mol. The van der Waals surface area contributed by atoms with Crippen LogP contribution in [0, 0.1) is 0 Å². The second-order valence-corrected chi connectivity index (χ2v) is 11.2. The minimum atomic E-state index is -3.72. The normalized spacial score (nSPS) is 16.0. The lowest BCUT2D eigenvalue weighted by Gasteiger charge is -2.34. The first-order chi connectivity index (χ1) is 16.8. The summed E-state index contributed by atoms with van der Waals surface area (Å²) in [4.78, 5) is 31.8. The van der Waals surface area contributed by atoms with Crippen molar-refractivity contribution in [2.24, 2.45) is 0 Å². The van der Waals surface area contributed by atoms with E-state index in [-0.39, 0.29) is 16.5 Å². The number of hydrogen-bond donors (Lipinski definition) is 2. The Morgan fingerprint density at radius 1 is 1.20 bits per heavy atom. The molecule has 1 amide bonds. The predicted octanol–water partition coefficient (Wildman–Crippen LogP) is 2.42. The Labute approximate surface area is 208 Å². The van der Waals surface area contributed by atoms with Crippen LogP contribution in [0.4, 0.5) is 0 Å². The number of H-pyrrole nitrogens is 1. The highest BCUT2D eigenvalue weighted by molar-refractivity contribution is 7.89. The van der Waals surface area contributed by atoms with Gasteiger partial charge in [0.2, 0.25) is 15.6 Å². The van der Waals surface area contributed by atoms with Gasteiger partial charge in [0.15, 0.2) is 0 Å². The highest BCUT2D eigenvalue weighted by Gasteiger charge is 2.26. The Hall–Kier alpha value is -2.57. The van der Waals surface area contributed by atoms with Crippen LogP contribution in [-0.4, -0.2) is 74.5 Å². The van der Waals surface area contributed by atoms with Crippen LogP contribution >= 0.6 is 11.3 Å². The number of pyridine rings is 1. The number of nitrogens with one attached hydrogen (secondary N) is 2. The van der Waals surface area contributed by atoms with Gasteiger partial charge in [-0.3, -0.25) is 14.5 Å². The SMILES string of the molecule is CCN(CC)S(=O)(=O)c1ccc2[nH]c(=O)cc(C(=O)NCC(c3cccs3)N3CCOCC3)c2c1. The lowest BCUT2D eigenvalue weighted by atomic mass is 10.1. The predicted molar refractivity (Wildman–Crippen MR) is 136 cm³/mol. The van der Waals surface area contributed by atoms with Crippen LogP contribution in [0.2, 0.25) is 0 Å². The van der Waals surface area contributed by atoms with Gasteiger partial charge in [0, 0.05) is 54.6 Å². The Morgan fingerprint density at radius 3 is 2.60 bits per heavy atom. The lowest BCUT2D eigenvalue weighted by molar-refractivity contribution is 0.0169. The number of carbonyl (C=O) groups excluding carboxylic acids is 1. The lowest BCUT2D eigenvalue weighted by Crippen LogP contribution is -2.43. The summed E-state index contributed by atoms with van der Waals surface area (Å²) >= 11 is 1.63. The van der Waals surface area contributed by atoms with Gasteiger partial charge in [-0.1, -0.05) is 19.9 Å². The molecule has 1 aliphatic rings. The number of carbonyl (C=O) groups is 1. The molecule has 1 fully saturated rings. The largest absolute Gasteiger partial charge is 0.379 e. The molecule has 0 aliphatic carbocycles. The maximum Gasteiger partial charge on any atom is 0.252 e. The van der Waals surface area contributed by atoms with E-state index < -0.39 is 21.5 Å². The van der Waals surface area contributed by atoms with Crippen LogP contribution in [0.25, 0.3) is 10.9 Å². The fourth-order valence-electron chi connectivity index (χ4n) is 4.36. The fourth-order valence-corrected chi connectivity index (χ4v) is 6.70. The summed E-state index contributed by atoms with van der Waals surface area (Å²) in [5.41, 5.74) is 0.126. The van der Waals surface area contributed by atoms with Crippen molar-refractivity contribution in [3.8, 4) is 0 Å². The third-order valence-electron chi connectivity index (χ3n) is 6.22. The molecule has 1 aliphatic heterocycles. The number of aromatic nitrogens is 1. The summed E-state index contributed by atoms with van der Waals surface area (Å²) in [7, 11) is -3.72. The van der Waals surface area contributed by atoms with Gasteiger partial charge in [0.05, 0.1) is 29.7 Å². The molecular formula is C24H30N4O5S2. The van der Waals surface area contributed by atoms with Crippen molar-refractivity contribution in [3.63, 3.8) is 0 Å². The highest BCUT2D eigenvalue weighted by atomic mass is 32.2. The number of aromatic amines is 1. The molecule has 1 atom stereocenters. The van der Waals surface area contributed by atoms with Crippen LogP contribution < -0.4 is 10.9 Å². The van der Waals surface area contributed by atoms with E-state index in [1.165, 1.54) is 28.6 Å². The third-order valence-corrected chi connectivity index (χ3v) is 9.24. The van der Waals surface area contributed by atoms with E-state index in [1.54, 1.807) is 25.2 Å². The first kappa shape index (κ1) is 25.5. The summed E-state index contributed by atoms with van der Waals surface area (Å²) in [6.45, 7) is 7.37. The van der Waals surface area contributed by atoms with E-state index >= 15 is 0 Å². The van der Waals surface area contributed by atoms with Crippen molar-refractivity contribution in [2.75, 3.05) is 45.9 Å². The van der Waals surface area contributed by atoms with Gasteiger partial charge >= 0.3 is 0 Å². The summed E-state index contributed by atoms with van der Waals surface area (Å²) < 4.78 is 32.9. The summed E-state index contributed by atoms with van der Waals surface area (Å²) in [6.07, 6.45) is 0. The zero-order valence-electron chi connectivity index (χ0n) is 19.8. The van der Waals surface area contributed by atoms with Gasteiger partial charge in [-0.05, 0) is 29.6 Å². The Bertz CT molecular complexity index is 1330. The topological polar surface area (TPSA) is 112 Å². The molecule has 9 nitrogen and oxygen atoms in total. The summed E-state index contributed by atoms with van der Waals surface area (Å²) in [5.74, 6) is -0.423. The molecule has 1 unspecified atom stereocenters. The number of benzene rings is 1. The van der Waals surface area contributed by atoms with Crippen molar-refractivity contribution in [3.05, 3.63) is 62.6 Å². The van der Waals surface area contributed by atoms with E-state index in [1.807, 2.05) is 17.5 Å². The van der Waals surface area contributed by atoms with E-state index in [9.17, 15) is 18.0 Å². The molecule has 11 heteroatoms. The van der Waals surface area contributed by atoms with Crippen molar-refractivity contribution < 1.29 is 17.9 Å². The number of fused-ring (bicyclic) bond motifs is 1. The van der Waals surface area contributed by atoms with Gasteiger partial charge in [-0.25, -0.2) is 8.42 Å². The maximum absolute atomic E-state index is 13.3. The summed E-state index contributed by atoms with van der Waals surface area (Å²) in [5, 5.41) is 5.37. The van der Waals surface area contributed by atoms with Gasteiger partial charge in [0.1, 0.15) is 0 Å². The van der Waals surface area contributed by atoms with Crippen LogP contribution in [0.3, 0.4) is 0 Å². The third kappa shape index (κ3) is 5.49. The molecule has 0 radical (unpaired) electrons. The number of rotatable bonds is 9. The van der Waals surface area contributed by atoms with E-state index in [0.29, 0.717) is 43.8 Å². The first-order valence-electron chi connectivity index (χ1n) is 11.7.